The van der Waals surface area contributed by atoms with Gasteiger partial charge in [0, 0.05) is 36.9 Å². The number of rotatable bonds is 4. The molecular weight excluding hydrogens is 354 g/mol. The summed E-state index contributed by atoms with van der Waals surface area (Å²) in [5.41, 5.74) is 2.18. The third kappa shape index (κ3) is 3.54. The van der Waals surface area contributed by atoms with Crippen LogP contribution in [0.2, 0.25) is 0 Å². The predicted octanol–water partition coefficient (Wildman–Crippen LogP) is 2.61. The van der Waals surface area contributed by atoms with Gasteiger partial charge in [-0.3, -0.25) is 4.79 Å². The molecule has 1 N–H and O–H groups in total. The number of piperidine rings is 3. The first kappa shape index (κ1) is 17.8. The number of carbonyl (C=O) groups excluding carboxylic acids is 1. The molecule has 6 nitrogen and oxygen atoms in total. The molecule has 4 saturated heterocycles. The maximum absolute atomic E-state index is 12.7. The molecule has 0 saturated carbocycles. The number of hydrogen-bond acceptors (Lipinski definition) is 5. The molecule has 6 rings (SSSR count). The van der Waals surface area contributed by atoms with E-state index in [1.807, 2.05) is 6.07 Å². The van der Waals surface area contributed by atoms with E-state index in [0.29, 0.717) is 11.7 Å². The largest absolute Gasteiger partial charge is 0.451 e. The molecule has 2 bridgehead atoms. The number of benzene rings is 1. The van der Waals surface area contributed by atoms with Gasteiger partial charge in [-0.25, -0.2) is 0 Å². The Morgan fingerprint density at radius 1 is 0.964 bits per heavy atom. The maximum atomic E-state index is 12.7. The second-order valence-corrected chi connectivity index (χ2v) is 8.03. The van der Waals surface area contributed by atoms with Gasteiger partial charge in [0.15, 0.2) is 5.76 Å². The molecule has 1 aromatic heterocycles. The summed E-state index contributed by atoms with van der Waals surface area (Å²) in [6.45, 7) is 6.70. The smallest absolute Gasteiger partial charge is 0.287 e. The zero-order valence-corrected chi connectivity index (χ0v) is 16.1. The SMILES string of the molecule is O=C(N[C@H]1CN2CCC1CC2)c1ccc(-c2ccc(N3CCOCC3)cc2)o1. The number of nitrogens with zero attached hydrogens (tertiary/aromatic N) is 2. The first-order chi connectivity index (χ1) is 13.8. The van der Waals surface area contributed by atoms with Crippen LogP contribution in [0.5, 0.6) is 0 Å². The molecule has 1 amide bonds. The molecule has 4 aliphatic rings. The predicted molar refractivity (Wildman–Crippen MR) is 108 cm³/mol. The van der Waals surface area contributed by atoms with Crippen molar-refractivity contribution in [2.75, 3.05) is 50.8 Å². The summed E-state index contributed by atoms with van der Waals surface area (Å²) in [6, 6.07) is 12.2. The van der Waals surface area contributed by atoms with Crippen LogP contribution >= 0.6 is 0 Å². The molecule has 28 heavy (non-hydrogen) atoms. The average molecular weight is 381 g/mol. The summed E-state index contributed by atoms with van der Waals surface area (Å²) in [7, 11) is 0. The lowest BCUT2D eigenvalue weighted by atomic mass is 9.84. The molecule has 0 aliphatic carbocycles. The van der Waals surface area contributed by atoms with Crippen molar-refractivity contribution in [1.29, 1.82) is 0 Å². The minimum Gasteiger partial charge on any atom is -0.451 e. The van der Waals surface area contributed by atoms with E-state index in [1.54, 1.807) is 6.07 Å². The fourth-order valence-electron chi connectivity index (χ4n) is 4.64. The van der Waals surface area contributed by atoms with E-state index in [0.717, 1.165) is 44.2 Å². The van der Waals surface area contributed by atoms with E-state index in [2.05, 4.69) is 39.4 Å². The summed E-state index contributed by atoms with van der Waals surface area (Å²) >= 11 is 0. The van der Waals surface area contributed by atoms with E-state index in [9.17, 15) is 4.79 Å². The van der Waals surface area contributed by atoms with Crippen LogP contribution in [0, 0.1) is 5.92 Å². The summed E-state index contributed by atoms with van der Waals surface area (Å²) < 4.78 is 11.3. The Morgan fingerprint density at radius 2 is 1.71 bits per heavy atom. The first-order valence-corrected chi connectivity index (χ1v) is 10.3. The lowest BCUT2D eigenvalue weighted by molar-refractivity contribution is 0.0606. The highest BCUT2D eigenvalue weighted by atomic mass is 16.5. The standard InChI is InChI=1S/C22H27N3O3/c26-22(23-19-15-24-9-7-16(19)8-10-24)21-6-5-20(28-21)17-1-3-18(4-2-17)25-11-13-27-14-12-25/h1-6,16,19H,7-15H2,(H,23,26)/t19-/m0/s1. The average Bonchev–Trinajstić information content (AvgIpc) is 3.26. The fourth-order valence-corrected chi connectivity index (χ4v) is 4.64. The maximum Gasteiger partial charge on any atom is 0.287 e. The molecule has 2 aromatic rings. The summed E-state index contributed by atoms with van der Waals surface area (Å²) in [4.78, 5) is 17.4. The van der Waals surface area contributed by atoms with E-state index >= 15 is 0 Å². The van der Waals surface area contributed by atoms with Crippen LogP contribution in [0.15, 0.2) is 40.8 Å². The summed E-state index contributed by atoms with van der Waals surface area (Å²) in [5.74, 6) is 1.63. The van der Waals surface area contributed by atoms with Crippen molar-refractivity contribution in [2.24, 2.45) is 5.92 Å². The number of anilines is 1. The third-order valence-electron chi connectivity index (χ3n) is 6.33. The topological polar surface area (TPSA) is 58.0 Å². The molecule has 148 valence electrons. The van der Waals surface area contributed by atoms with Gasteiger partial charge in [0.05, 0.1) is 13.2 Å². The van der Waals surface area contributed by atoms with Crippen LogP contribution in [-0.2, 0) is 4.74 Å². The lowest BCUT2D eigenvalue weighted by Gasteiger charge is -2.44. The number of amides is 1. The van der Waals surface area contributed by atoms with Gasteiger partial charge >= 0.3 is 0 Å². The molecule has 5 heterocycles. The second-order valence-electron chi connectivity index (χ2n) is 8.03. The molecular formula is C22H27N3O3. The van der Waals surface area contributed by atoms with E-state index in [-0.39, 0.29) is 11.9 Å². The van der Waals surface area contributed by atoms with Crippen molar-refractivity contribution in [1.82, 2.24) is 10.2 Å². The monoisotopic (exact) mass is 381 g/mol. The number of furan rings is 1. The van der Waals surface area contributed by atoms with Crippen LogP contribution < -0.4 is 10.2 Å². The number of ether oxygens (including phenoxy) is 1. The van der Waals surface area contributed by atoms with Crippen molar-refractivity contribution >= 4 is 11.6 Å². The molecule has 1 aromatic carbocycles. The minimum absolute atomic E-state index is 0.102. The van der Waals surface area contributed by atoms with Crippen LogP contribution in [0.1, 0.15) is 23.4 Å². The van der Waals surface area contributed by atoms with Crippen LogP contribution in [0.25, 0.3) is 11.3 Å². The Balaban J connectivity index is 1.24. The van der Waals surface area contributed by atoms with Gasteiger partial charge in [0.25, 0.3) is 5.91 Å². The zero-order valence-electron chi connectivity index (χ0n) is 16.1. The molecule has 4 fully saturated rings. The van der Waals surface area contributed by atoms with E-state index in [1.165, 1.54) is 31.6 Å². The van der Waals surface area contributed by atoms with Gasteiger partial charge in [0.2, 0.25) is 0 Å². The van der Waals surface area contributed by atoms with Crippen LogP contribution in [0.3, 0.4) is 0 Å². The highest BCUT2D eigenvalue weighted by molar-refractivity contribution is 5.92. The zero-order chi connectivity index (χ0) is 18.9. The van der Waals surface area contributed by atoms with Gasteiger partial charge in [-0.2, -0.15) is 0 Å². The van der Waals surface area contributed by atoms with Gasteiger partial charge in [-0.05, 0) is 68.2 Å². The van der Waals surface area contributed by atoms with Crippen molar-refractivity contribution < 1.29 is 13.9 Å². The Labute approximate surface area is 165 Å². The number of hydrogen-bond donors (Lipinski definition) is 1. The Bertz CT molecular complexity index is 818. The molecule has 0 unspecified atom stereocenters. The van der Waals surface area contributed by atoms with Crippen LogP contribution in [0.4, 0.5) is 5.69 Å². The molecule has 0 spiro atoms. The molecule has 1 atom stereocenters. The number of morpholine rings is 1. The van der Waals surface area contributed by atoms with Gasteiger partial charge in [-0.15, -0.1) is 0 Å². The highest BCUT2D eigenvalue weighted by Gasteiger charge is 2.35. The van der Waals surface area contributed by atoms with Crippen molar-refractivity contribution in [2.45, 2.75) is 18.9 Å². The number of fused-ring (bicyclic) bond motifs is 3. The Kier molecular flexibility index (Phi) is 4.82. The lowest BCUT2D eigenvalue weighted by Crippen LogP contribution is -2.57. The van der Waals surface area contributed by atoms with Crippen molar-refractivity contribution in [3.05, 3.63) is 42.2 Å². The summed E-state index contributed by atoms with van der Waals surface area (Å²) in [6.07, 6.45) is 2.37. The molecule has 0 radical (unpaired) electrons. The Hall–Kier alpha value is -2.31. The van der Waals surface area contributed by atoms with Gasteiger partial charge < -0.3 is 24.3 Å². The highest BCUT2D eigenvalue weighted by Crippen LogP contribution is 2.29. The first-order valence-electron chi connectivity index (χ1n) is 10.3. The van der Waals surface area contributed by atoms with Crippen molar-refractivity contribution in [3.63, 3.8) is 0 Å². The van der Waals surface area contributed by atoms with Gasteiger partial charge in [-0.1, -0.05) is 0 Å². The van der Waals surface area contributed by atoms with E-state index in [4.69, 9.17) is 9.15 Å². The quantitative estimate of drug-likeness (QED) is 0.882. The minimum atomic E-state index is -0.102. The molecule has 4 aliphatic heterocycles. The van der Waals surface area contributed by atoms with Crippen LogP contribution in [-0.4, -0.2) is 62.8 Å². The summed E-state index contributed by atoms with van der Waals surface area (Å²) in [5, 5.41) is 3.19. The Morgan fingerprint density at radius 3 is 2.39 bits per heavy atom. The van der Waals surface area contributed by atoms with Gasteiger partial charge in [0.1, 0.15) is 5.76 Å². The van der Waals surface area contributed by atoms with Crippen molar-refractivity contribution in [3.8, 4) is 11.3 Å². The second kappa shape index (κ2) is 7.60. The number of carbonyl (C=O) groups is 1. The fraction of sp³-hybridized carbons (Fsp3) is 0.500. The normalized spacial score (nSPS) is 27.0. The molecule has 6 heteroatoms. The third-order valence-corrected chi connectivity index (χ3v) is 6.33. The number of nitrogens with one attached hydrogen (secondary N) is 1. The van der Waals surface area contributed by atoms with E-state index < -0.39 is 0 Å².